The number of hydrogen-bond acceptors (Lipinski definition) is 3. The molecule has 3 nitrogen and oxygen atoms in total. The van der Waals surface area contributed by atoms with Crippen LogP contribution in [0, 0.1) is 0 Å². The van der Waals surface area contributed by atoms with Gasteiger partial charge in [0.25, 0.3) is 0 Å². The summed E-state index contributed by atoms with van der Waals surface area (Å²) in [7, 11) is 0. The lowest BCUT2D eigenvalue weighted by molar-refractivity contribution is 0.974. The standard InChI is InChI=1S/C17H13N3S/c1-2-5-14-10-12(7-8-13(14)4-1)11-16-18-17(20-19-16)15-6-3-9-21-15/h1-10H,11H2,(H,18,19,20). The molecule has 2 heterocycles. The molecule has 0 saturated heterocycles. The highest BCUT2D eigenvalue weighted by molar-refractivity contribution is 7.13. The molecule has 1 N–H and O–H groups in total. The van der Waals surface area contributed by atoms with Gasteiger partial charge in [-0.1, -0.05) is 48.5 Å². The molecule has 102 valence electrons. The van der Waals surface area contributed by atoms with E-state index in [9.17, 15) is 0 Å². The fourth-order valence-electron chi connectivity index (χ4n) is 2.43. The zero-order valence-electron chi connectivity index (χ0n) is 11.3. The van der Waals surface area contributed by atoms with Crippen molar-refractivity contribution in [1.82, 2.24) is 15.2 Å². The maximum Gasteiger partial charge on any atom is 0.191 e. The summed E-state index contributed by atoms with van der Waals surface area (Å²) < 4.78 is 0. The summed E-state index contributed by atoms with van der Waals surface area (Å²) in [4.78, 5) is 5.67. The lowest BCUT2D eigenvalue weighted by atomic mass is 10.1. The van der Waals surface area contributed by atoms with Crippen LogP contribution in [0.25, 0.3) is 21.5 Å². The van der Waals surface area contributed by atoms with Gasteiger partial charge in [-0.2, -0.15) is 5.10 Å². The Kier molecular flexibility index (Phi) is 3.01. The predicted octanol–water partition coefficient (Wildman–Crippen LogP) is 4.28. The van der Waals surface area contributed by atoms with Crippen LogP contribution in [0.3, 0.4) is 0 Å². The summed E-state index contributed by atoms with van der Waals surface area (Å²) >= 11 is 1.65. The second-order valence-corrected chi connectivity index (χ2v) is 5.89. The van der Waals surface area contributed by atoms with Gasteiger partial charge in [0.1, 0.15) is 5.82 Å². The number of aromatic nitrogens is 3. The number of nitrogens with one attached hydrogen (secondary N) is 1. The monoisotopic (exact) mass is 291 g/mol. The molecule has 0 bridgehead atoms. The quantitative estimate of drug-likeness (QED) is 0.612. The Morgan fingerprint density at radius 1 is 0.952 bits per heavy atom. The fraction of sp³-hybridized carbons (Fsp3) is 0.0588. The first-order chi connectivity index (χ1) is 10.4. The van der Waals surface area contributed by atoms with Crippen LogP contribution in [0.4, 0.5) is 0 Å². The average molecular weight is 291 g/mol. The van der Waals surface area contributed by atoms with Crippen LogP contribution in [0.1, 0.15) is 11.4 Å². The average Bonchev–Trinajstić information content (AvgIpc) is 3.18. The van der Waals surface area contributed by atoms with Gasteiger partial charge in [-0.25, -0.2) is 4.98 Å². The molecule has 0 aliphatic heterocycles. The Morgan fingerprint density at radius 2 is 1.86 bits per heavy atom. The van der Waals surface area contributed by atoms with Gasteiger partial charge in [0, 0.05) is 6.42 Å². The van der Waals surface area contributed by atoms with Crippen molar-refractivity contribution in [3.63, 3.8) is 0 Å². The molecule has 2 aromatic carbocycles. The topological polar surface area (TPSA) is 41.6 Å². The van der Waals surface area contributed by atoms with E-state index in [1.165, 1.54) is 16.3 Å². The molecule has 0 spiro atoms. The fourth-order valence-corrected chi connectivity index (χ4v) is 3.09. The Morgan fingerprint density at radius 3 is 2.71 bits per heavy atom. The van der Waals surface area contributed by atoms with E-state index in [-0.39, 0.29) is 0 Å². The van der Waals surface area contributed by atoms with Crippen LogP contribution in [-0.2, 0) is 6.42 Å². The first kappa shape index (κ1) is 12.3. The minimum atomic E-state index is 0.767. The van der Waals surface area contributed by atoms with Crippen LogP contribution in [-0.4, -0.2) is 15.2 Å². The van der Waals surface area contributed by atoms with Gasteiger partial charge in [-0.15, -0.1) is 11.3 Å². The van der Waals surface area contributed by atoms with Crippen LogP contribution in [0.5, 0.6) is 0 Å². The Hall–Kier alpha value is -2.46. The van der Waals surface area contributed by atoms with Crippen molar-refractivity contribution >= 4 is 22.1 Å². The van der Waals surface area contributed by atoms with Crippen LogP contribution in [0.2, 0.25) is 0 Å². The van der Waals surface area contributed by atoms with Gasteiger partial charge in [-0.3, -0.25) is 5.10 Å². The Labute approximate surface area is 126 Å². The number of hydrogen-bond donors (Lipinski definition) is 1. The van der Waals surface area contributed by atoms with Crippen LogP contribution < -0.4 is 0 Å². The Bertz CT molecular complexity index is 878. The molecular weight excluding hydrogens is 278 g/mol. The first-order valence-corrected chi connectivity index (χ1v) is 7.69. The molecule has 0 fully saturated rings. The lowest BCUT2D eigenvalue weighted by Gasteiger charge is -2.01. The SMILES string of the molecule is c1csc(-c2n[nH]c(Cc3ccc4ccccc4c3)n2)c1. The number of nitrogens with zero attached hydrogens (tertiary/aromatic N) is 2. The third kappa shape index (κ3) is 2.45. The van der Waals surface area contributed by atoms with E-state index < -0.39 is 0 Å². The molecule has 4 rings (SSSR count). The maximum absolute atomic E-state index is 4.57. The van der Waals surface area contributed by atoms with Crippen molar-refractivity contribution in [1.29, 1.82) is 0 Å². The summed E-state index contributed by atoms with van der Waals surface area (Å²) in [5.41, 5.74) is 1.24. The number of rotatable bonds is 3. The minimum Gasteiger partial charge on any atom is -0.262 e. The largest absolute Gasteiger partial charge is 0.262 e. The van der Waals surface area contributed by atoms with Crippen LogP contribution in [0.15, 0.2) is 60.0 Å². The molecule has 0 aliphatic rings. The highest BCUT2D eigenvalue weighted by Gasteiger charge is 2.07. The molecule has 0 aliphatic carbocycles. The van der Waals surface area contributed by atoms with E-state index in [4.69, 9.17) is 0 Å². The number of aromatic amines is 1. The maximum atomic E-state index is 4.57. The van der Waals surface area contributed by atoms with E-state index in [1.807, 2.05) is 17.5 Å². The molecule has 4 heteroatoms. The summed E-state index contributed by atoms with van der Waals surface area (Å²) in [5, 5.41) is 11.9. The molecule has 0 radical (unpaired) electrons. The number of H-pyrrole nitrogens is 1. The summed E-state index contributed by atoms with van der Waals surface area (Å²) in [5.74, 6) is 1.68. The Balaban J connectivity index is 1.62. The second-order valence-electron chi connectivity index (χ2n) is 4.94. The number of fused-ring (bicyclic) bond motifs is 1. The van der Waals surface area contributed by atoms with Crippen molar-refractivity contribution in [2.75, 3.05) is 0 Å². The molecule has 0 amide bonds. The van der Waals surface area contributed by atoms with E-state index in [2.05, 4.69) is 57.6 Å². The van der Waals surface area contributed by atoms with E-state index in [1.54, 1.807) is 11.3 Å². The molecular formula is C17H13N3S. The first-order valence-electron chi connectivity index (χ1n) is 6.81. The van der Waals surface area contributed by atoms with Crippen molar-refractivity contribution in [2.24, 2.45) is 0 Å². The lowest BCUT2D eigenvalue weighted by Crippen LogP contribution is -1.91. The van der Waals surface area contributed by atoms with Gasteiger partial charge < -0.3 is 0 Å². The van der Waals surface area contributed by atoms with Crippen molar-refractivity contribution < 1.29 is 0 Å². The van der Waals surface area contributed by atoms with Gasteiger partial charge in [0.05, 0.1) is 4.88 Å². The molecule has 4 aromatic rings. The number of benzene rings is 2. The van der Waals surface area contributed by atoms with Gasteiger partial charge in [0.15, 0.2) is 5.82 Å². The van der Waals surface area contributed by atoms with E-state index >= 15 is 0 Å². The third-order valence-electron chi connectivity index (χ3n) is 3.46. The third-order valence-corrected chi connectivity index (χ3v) is 4.32. The summed E-state index contributed by atoms with van der Waals surface area (Å²) in [6.45, 7) is 0. The molecule has 0 saturated carbocycles. The molecule has 2 aromatic heterocycles. The zero-order valence-corrected chi connectivity index (χ0v) is 12.1. The van der Waals surface area contributed by atoms with Gasteiger partial charge in [-0.05, 0) is 27.8 Å². The van der Waals surface area contributed by atoms with Gasteiger partial charge in [0.2, 0.25) is 0 Å². The zero-order chi connectivity index (χ0) is 14.1. The predicted molar refractivity (Wildman–Crippen MR) is 86.4 cm³/mol. The van der Waals surface area contributed by atoms with Crippen molar-refractivity contribution in [3.8, 4) is 10.7 Å². The number of thiophene rings is 1. The van der Waals surface area contributed by atoms with E-state index in [0.717, 1.165) is 22.9 Å². The van der Waals surface area contributed by atoms with Gasteiger partial charge >= 0.3 is 0 Å². The summed E-state index contributed by atoms with van der Waals surface area (Å²) in [6, 6.07) is 19.0. The van der Waals surface area contributed by atoms with Crippen molar-refractivity contribution in [3.05, 3.63) is 71.4 Å². The minimum absolute atomic E-state index is 0.767. The molecule has 0 unspecified atom stereocenters. The summed E-state index contributed by atoms with van der Waals surface area (Å²) in [6.07, 6.45) is 0.767. The second kappa shape index (κ2) is 5.14. The highest BCUT2D eigenvalue weighted by atomic mass is 32.1. The normalized spacial score (nSPS) is 11.0. The molecule has 0 atom stereocenters. The smallest absolute Gasteiger partial charge is 0.191 e. The van der Waals surface area contributed by atoms with E-state index in [0.29, 0.717) is 0 Å². The van der Waals surface area contributed by atoms with Crippen molar-refractivity contribution in [2.45, 2.75) is 6.42 Å². The molecule has 21 heavy (non-hydrogen) atoms. The van der Waals surface area contributed by atoms with Crippen LogP contribution >= 0.6 is 11.3 Å². The highest BCUT2D eigenvalue weighted by Crippen LogP contribution is 2.21.